The molecule has 2 aliphatic heterocycles. The maximum Gasteiger partial charge on any atom is 0.407 e. The van der Waals surface area contributed by atoms with Gasteiger partial charge in [-0.2, -0.15) is 0 Å². The van der Waals surface area contributed by atoms with E-state index in [1.54, 1.807) is 38.2 Å². The molecule has 4 rings (SSSR count). The van der Waals surface area contributed by atoms with E-state index in [0.717, 1.165) is 11.8 Å². The molecule has 0 aromatic carbocycles. The summed E-state index contributed by atoms with van der Waals surface area (Å²) in [7, 11) is 0. The Morgan fingerprint density at radius 2 is 1.35 bits per heavy atom. The fourth-order valence-corrected chi connectivity index (χ4v) is 4.24. The van der Waals surface area contributed by atoms with E-state index in [1.165, 1.54) is 21.5 Å². The number of hydrogen-bond acceptors (Lipinski definition) is 11. The number of nitrogens with one attached hydrogen (secondary N) is 3. The highest BCUT2D eigenvalue weighted by Crippen LogP contribution is 2.21. The SMILES string of the molecule is Cc1cn([C@H]2C=C[C@@H](COC(=O)NCCSC(=O)OC[C@@H]3C=C[C@H](n4cc(C)c(=O)[nH]c4=O)O3)O2)c(=O)[nH]c1=O. The second kappa shape index (κ2) is 12.8. The zero-order chi connectivity index (χ0) is 28.8. The van der Waals surface area contributed by atoms with Crippen molar-refractivity contribution in [2.45, 2.75) is 38.5 Å². The minimum Gasteiger partial charge on any atom is -0.454 e. The lowest BCUT2D eigenvalue weighted by molar-refractivity contribution is -0.0148. The molecule has 15 nitrogen and oxygen atoms in total. The zero-order valence-corrected chi connectivity index (χ0v) is 22.3. The third kappa shape index (κ3) is 7.28. The number of aryl methyl sites for hydroxylation is 2. The van der Waals surface area contributed by atoms with Gasteiger partial charge in [0, 0.05) is 35.8 Å². The van der Waals surface area contributed by atoms with E-state index in [-0.39, 0.29) is 25.5 Å². The lowest BCUT2D eigenvalue weighted by atomic mass is 10.3. The molecule has 3 N–H and O–H groups in total. The highest BCUT2D eigenvalue weighted by molar-refractivity contribution is 8.13. The second-order valence-corrected chi connectivity index (χ2v) is 9.82. The molecule has 4 atom stereocenters. The smallest absolute Gasteiger partial charge is 0.407 e. The highest BCUT2D eigenvalue weighted by Gasteiger charge is 2.24. The lowest BCUT2D eigenvalue weighted by Gasteiger charge is -2.16. The van der Waals surface area contributed by atoms with E-state index in [9.17, 15) is 28.8 Å². The molecule has 2 aromatic rings. The summed E-state index contributed by atoms with van der Waals surface area (Å²) < 4.78 is 24.1. The Morgan fingerprint density at radius 3 is 1.88 bits per heavy atom. The maximum absolute atomic E-state index is 12.0. The number of thioether (sulfide) groups is 1. The number of H-pyrrole nitrogens is 2. The van der Waals surface area contributed by atoms with Gasteiger partial charge in [0.2, 0.25) is 0 Å². The Balaban J connectivity index is 1.08. The number of rotatable bonds is 9. The minimum atomic E-state index is -0.742. The summed E-state index contributed by atoms with van der Waals surface area (Å²) in [6.45, 7) is 3.08. The van der Waals surface area contributed by atoms with Gasteiger partial charge in [0.1, 0.15) is 25.4 Å². The van der Waals surface area contributed by atoms with Crippen LogP contribution in [0.5, 0.6) is 0 Å². The molecule has 0 bridgehead atoms. The van der Waals surface area contributed by atoms with Crippen LogP contribution in [0.25, 0.3) is 0 Å². The molecule has 2 aromatic heterocycles. The number of alkyl carbamates (subject to hydrolysis) is 1. The molecule has 0 fully saturated rings. The third-order valence-corrected chi connectivity index (χ3v) is 6.55. The van der Waals surface area contributed by atoms with E-state index >= 15 is 0 Å². The molecule has 0 saturated heterocycles. The molecular formula is C24H27N5O10S. The summed E-state index contributed by atoms with van der Waals surface area (Å²) in [5, 5.41) is 1.93. The summed E-state index contributed by atoms with van der Waals surface area (Å²) in [6, 6.07) is 0. The van der Waals surface area contributed by atoms with Crippen LogP contribution in [-0.4, -0.2) is 68.2 Å². The van der Waals surface area contributed by atoms with Crippen LogP contribution < -0.4 is 27.8 Å². The van der Waals surface area contributed by atoms with Crippen molar-refractivity contribution in [3.8, 4) is 0 Å². The number of carbonyl (C=O) groups is 2. The maximum atomic E-state index is 12.0. The number of amides is 1. The zero-order valence-electron chi connectivity index (χ0n) is 21.5. The van der Waals surface area contributed by atoms with Crippen LogP contribution in [-0.2, 0) is 18.9 Å². The van der Waals surface area contributed by atoms with E-state index in [4.69, 9.17) is 18.9 Å². The second-order valence-electron chi connectivity index (χ2n) is 8.79. The largest absolute Gasteiger partial charge is 0.454 e. The van der Waals surface area contributed by atoms with Crippen LogP contribution in [0.4, 0.5) is 9.59 Å². The number of aromatic nitrogens is 4. The van der Waals surface area contributed by atoms with E-state index in [1.807, 2.05) is 0 Å². The fraction of sp³-hybridized carbons (Fsp3) is 0.417. The van der Waals surface area contributed by atoms with Gasteiger partial charge in [0.25, 0.3) is 11.1 Å². The molecule has 0 aliphatic carbocycles. The number of hydrogen-bond donors (Lipinski definition) is 3. The quantitative estimate of drug-likeness (QED) is 0.210. The molecule has 214 valence electrons. The van der Waals surface area contributed by atoms with Gasteiger partial charge in [-0.1, -0.05) is 12.2 Å². The van der Waals surface area contributed by atoms with Crippen molar-refractivity contribution in [1.82, 2.24) is 24.4 Å². The average Bonchev–Trinajstić information content (AvgIpc) is 3.58. The third-order valence-electron chi connectivity index (χ3n) is 5.78. The predicted octanol–water partition coefficient (Wildman–Crippen LogP) is 0.207. The van der Waals surface area contributed by atoms with Crippen LogP contribution in [0.1, 0.15) is 23.6 Å². The Morgan fingerprint density at radius 1 is 0.850 bits per heavy atom. The van der Waals surface area contributed by atoms with Crippen molar-refractivity contribution >= 4 is 23.2 Å². The summed E-state index contributed by atoms with van der Waals surface area (Å²) in [5.74, 6) is 0.223. The van der Waals surface area contributed by atoms with Gasteiger partial charge < -0.3 is 24.3 Å². The first-order chi connectivity index (χ1) is 19.1. The minimum absolute atomic E-state index is 0.0773. The molecule has 1 amide bonds. The molecule has 0 unspecified atom stereocenters. The van der Waals surface area contributed by atoms with Crippen molar-refractivity contribution in [2.24, 2.45) is 0 Å². The highest BCUT2D eigenvalue weighted by atomic mass is 32.2. The van der Waals surface area contributed by atoms with Crippen LogP contribution in [0.3, 0.4) is 0 Å². The molecule has 16 heteroatoms. The van der Waals surface area contributed by atoms with Crippen LogP contribution in [0.2, 0.25) is 0 Å². The summed E-state index contributed by atoms with van der Waals surface area (Å²) in [4.78, 5) is 75.3. The standard InChI is InChI=1S/C24H27N5O10S/c1-13-9-28(21(32)26-19(13)30)17-5-3-15(38-17)11-36-23(34)25-7-8-40-24(35)37-12-16-4-6-18(39-16)29-10-14(2)20(31)27-22(29)33/h3-6,9-10,15-18H,7-8,11-12H2,1-2H3,(H,25,34)(H,26,30,32)(H,27,31,33)/t15-,16-,17+,18+/m0/s1. The average molecular weight is 578 g/mol. The summed E-state index contributed by atoms with van der Waals surface area (Å²) in [6.07, 6.45) is 5.97. The molecule has 0 radical (unpaired) electrons. The topological polar surface area (TPSA) is 193 Å². The number of ether oxygens (including phenoxy) is 4. The lowest BCUT2D eigenvalue weighted by Crippen LogP contribution is -2.34. The first-order valence-electron chi connectivity index (χ1n) is 12.1. The van der Waals surface area contributed by atoms with Gasteiger partial charge in [0.15, 0.2) is 12.5 Å². The number of aromatic amines is 2. The van der Waals surface area contributed by atoms with Crippen LogP contribution in [0, 0.1) is 13.8 Å². The van der Waals surface area contributed by atoms with Crippen LogP contribution >= 0.6 is 11.8 Å². The molecule has 0 spiro atoms. The van der Waals surface area contributed by atoms with Gasteiger partial charge in [-0.25, -0.2) is 19.2 Å². The summed E-state index contributed by atoms with van der Waals surface area (Å²) >= 11 is 0.850. The number of nitrogens with zero attached hydrogens (tertiary/aromatic N) is 2. The van der Waals surface area contributed by atoms with Gasteiger partial charge >= 0.3 is 22.8 Å². The van der Waals surface area contributed by atoms with Gasteiger partial charge in [0.05, 0.1) is 0 Å². The molecule has 4 heterocycles. The Hall–Kier alpha value is -4.15. The first-order valence-corrected chi connectivity index (χ1v) is 13.1. The van der Waals surface area contributed by atoms with E-state index in [2.05, 4.69) is 15.3 Å². The van der Waals surface area contributed by atoms with E-state index < -0.39 is 58.6 Å². The van der Waals surface area contributed by atoms with Crippen LogP contribution in [0.15, 0.2) is 55.9 Å². The van der Waals surface area contributed by atoms with Gasteiger partial charge in [-0.3, -0.25) is 28.7 Å². The van der Waals surface area contributed by atoms with Crippen molar-refractivity contribution in [3.05, 3.63) is 89.5 Å². The normalized spacial score (nSPS) is 21.4. The monoisotopic (exact) mass is 577 g/mol. The molecular weight excluding hydrogens is 550 g/mol. The molecule has 0 saturated carbocycles. The van der Waals surface area contributed by atoms with E-state index in [0.29, 0.717) is 11.1 Å². The fourth-order valence-electron chi connectivity index (χ4n) is 3.72. The summed E-state index contributed by atoms with van der Waals surface area (Å²) in [5.41, 5.74) is -1.47. The van der Waals surface area contributed by atoms with Crippen molar-refractivity contribution < 1.29 is 28.5 Å². The van der Waals surface area contributed by atoms with Crippen molar-refractivity contribution in [1.29, 1.82) is 0 Å². The van der Waals surface area contributed by atoms with Crippen molar-refractivity contribution in [2.75, 3.05) is 25.5 Å². The number of carbonyl (C=O) groups excluding carboxylic acids is 2. The first kappa shape index (κ1) is 28.8. The molecule has 2 aliphatic rings. The molecule has 40 heavy (non-hydrogen) atoms. The Labute approximate surface area is 229 Å². The van der Waals surface area contributed by atoms with Gasteiger partial charge in [-0.15, -0.1) is 0 Å². The van der Waals surface area contributed by atoms with Gasteiger partial charge in [-0.05, 0) is 37.8 Å². The van der Waals surface area contributed by atoms with Crippen molar-refractivity contribution in [3.63, 3.8) is 0 Å². The predicted molar refractivity (Wildman–Crippen MR) is 141 cm³/mol. The Bertz CT molecular complexity index is 1440. The Kier molecular flexibility index (Phi) is 9.23.